The minimum absolute atomic E-state index is 0.113. The summed E-state index contributed by atoms with van der Waals surface area (Å²) in [5, 5.41) is 12.9. The van der Waals surface area contributed by atoms with E-state index in [9.17, 15) is 5.11 Å². The summed E-state index contributed by atoms with van der Waals surface area (Å²) in [4.78, 5) is 6.77. The van der Waals surface area contributed by atoms with Gasteiger partial charge in [-0.1, -0.05) is 30.3 Å². The van der Waals surface area contributed by atoms with Crippen LogP contribution < -0.4 is 5.32 Å². The molecule has 0 spiro atoms. The standard InChI is InChI=1S/C18H29N3O2/c1-3-19-18(21-12-10-17(22)14-21)20-11-7-13-23-15(2)16-8-5-4-6-9-16/h4-6,8-9,15,17,22H,3,7,10-14H2,1-2H3,(H,19,20)/t15?,17-/m1/s1. The van der Waals surface area contributed by atoms with Gasteiger partial charge in [-0.2, -0.15) is 0 Å². The van der Waals surface area contributed by atoms with Gasteiger partial charge in [0.15, 0.2) is 5.96 Å². The van der Waals surface area contributed by atoms with E-state index in [1.807, 2.05) is 18.2 Å². The second-order valence-electron chi connectivity index (χ2n) is 5.90. The van der Waals surface area contributed by atoms with Crippen LogP contribution in [0.1, 0.15) is 38.4 Å². The number of nitrogens with zero attached hydrogens (tertiary/aromatic N) is 2. The number of hydrogen-bond donors (Lipinski definition) is 2. The Morgan fingerprint density at radius 3 is 2.87 bits per heavy atom. The molecular formula is C18H29N3O2. The van der Waals surface area contributed by atoms with Gasteiger partial charge in [-0.25, -0.2) is 0 Å². The Balaban J connectivity index is 1.71. The van der Waals surface area contributed by atoms with Crippen molar-refractivity contribution in [3.63, 3.8) is 0 Å². The van der Waals surface area contributed by atoms with Crippen LogP contribution in [0.2, 0.25) is 0 Å². The summed E-state index contributed by atoms with van der Waals surface area (Å²) in [6, 6.07) is 10.3. The molecule has 128 valence electrons. The van der Waals surface area contributed by atoms with E-state index in [-0.39, 0.29) is 12.2 Å². The first-order valence-electron chi connectivity index (χ1n) is 8.58. The highest BCUT2D eigenvalue weighted by atomic mass is 16.5. The molecule has 23 heavy (non-hydrogen) atoms. The SMILES string of the molecule is CCNC(=NCCCOC(C)c1ccccc1)N1CC[C@@H](O)C1. The summed E-state index contributed by atoms with van der Waals surface area (Å²) in [6.45, 7) is 7.95. The molecule has 0 aliphatic carbocycles. The van der Waals surface area contributed by atoms with Crippen LogP contribution in [0.25, 0.3) is 0 Å². The average Bonchev–Trinajstić information content (AvgIpc) is 3.00. The lowest BCUT2D eigenvalue weighted by Crippen LogP contribution is -2.40. The molecule has 5 heteroatoms. The van der Waals surface area contributed by atoms with Crippen LogP contribution in [-0.4, -0.2) is 54.9 Å². The van der Waals surface area contributed by atoms with Gasteiger partial charge in [0.25, 0.3) is 0 Å². The lowest BCUT2D eigenvalue weighted by atomic mass is 10.1. The van der Waals surface area contributed by atoms with E-state index < -0.39 is 0 Å². The van der Waals surface area contributed by atoms with E-state index in [4.69, 9.17) is 4.74 Å². The molecule has 0 saturated carbocycles. The second kappa shape index (κ2) is 9.53. The number of aliphatic hydroxyl groups excluding tert-OH is 1. The summed E-state index contributed by atoms with van der Waals surface area (Å²) in [5.41, 5.74) is 1.20. The maximum absolute atomic E-state index is 9.65. The number of rotatable bonds is 7. The van der Waals surface area contributed by atoms with Gasteiger partial charge in [0.05, 0.1) is 12.2 Å². The molecule has 1 aliphatic rings. The van der Waals surface area contributed by atoms with Crippen LogP contribution in [-0.2, 0) is 4.74 Å². The summed E-state index contributed by atoms with van der Waals surface area (Å²) in [7, 11) is 0. The molecule has 1 aromatic rings. The molecule has 1 unspecified atom stereocenters. The first-order valence-corrected chi connectivity index (χ1v) is 8.58. The van der Waals surface area contributed by atoms with Crippen molar-refractivity contribution in [3.8, 4) is 0 Å². The Hall–Kier alpha value is -1.59. The highest BCUT2D eigenvalue weighted by Crippen LogP contribution is 2.15. The Morgan fingerprint density at radius 1 is 1.43 bits per heavy atom. The number of ether oxygens (including phenoxy) is 1. The Labute approximate surface area is 139 Å². The van der Waals surface area contributed by atoms with Gasteiger partial charge in [-0.15, -0.1) is 0 Å². The largest absolute Gasteiger partial charge is 0.391 e. The van der Waals surface area contributed by atoms with Crippen LogP contribution in [0.5, 0.6) is 0 Å². The Bertz CT molecular complexity index is 478. The number of aliphatic hydroxyl groups is 1. The smallest absolute Gasteiger partial charge is 0.194 e. The molecule has 0 bridgehead atoms. The Morgan fingerprint density at radius 2 is 2.22 bits per heavy atom. The fourth-order valence-electron chi connectivity index (χ4n) is 2.69. The topological polar surface area (TPSA) is 57.1 Å². The first kappa shape index (κ1) is 17.8. The van der Waals surface area contributed by atoms with Crippen molar-refractivity contribution in [1.29, 1.82) is 0 Å². The number of likely N-dealkylation sites (tertiary alicyclic amines) is 1. The number of hydrogen-bond acceptors (Lipinski definition) is 3. The molecule has 2 atom stereocenters. The monoisotopic (exact) mass is 319 g/mol. The van der Waals surface area contributed by atoms with Crippen molar-refractivity contribution in [3.05, 3.63) is 35.9 Å². The van der Waals surface area contributed by atoms with Crippen LogP contribution in [0.15, 0.2) is 35.3 Å². The summed E-state index contributed by atoms with van der Waals surface area (Å²) < 4.78 is 5.87. The Kier molecular flexibility index (Phi) is 7.36. The molecule has 1 saturated heterocycles. The minimum Gasteiger partial charge on any atom is -0.391 e. The van der Waals surface area contributed by atoms with E-state index in [1.165, 1.54) is 5.56 Å². The number of β-amino-alcohol motifs (C(OH)–C–C–N with tert-alkyl or cyclic N) is 1. The predicted molar refractivity (Wildman–Crippen MR) is 93.6 cm³/mol. The number of benzene rings is 1. The van der Waals surface area contributed by atoms with Gasteiger partial charge in [0.2, 0.25) is 0 Å². The van der Waals surface area contributed by atoms with Gasteiger partial charge < -0.3 is 20.1 Å². The predicted octanol–water partition coefficient (Wildman–Crippen LogP) is 2.19. The number of guanidine groups is 1. The molecule has 5 nitrogen and oxygen atoms in total. The van der Waals surface area contributed by atoms with Gasteiger partial charge >= 0.3 is 0 Å². The first-order chi connectivity index (χ1) is 11.2. The van der Waals surface area contributed by atoms with E-state index in [2.05, 4.69) is 41.2 Å². The molecule has 1 fully saturated rings. The second-order valence-corrected chi connectivity index (χ2v) is 5.90. The molecule has 0 amide bonds. The van der Waals surface area contributed by atoms with Crippen molar-refractivity contribution in [2.45, 2.75) is 38.9 Å². The zero-order chi connectivity index (χ0) is 16.5. The van der Waals surface area contributed by atoms with Crippen LogP contribution >= 0.6 is 0 Å². The minimum atomic E-state index is -0.228. The van der Waals surface area contributed by atoms with Crippen LogP contribution in [0.3, 0.4) is 0 Å². The number of aliphatic imine (C=N–C) groups is 1. The van der Waals surface area contributed by atoms with E-state index in [1.54, 1.807) is 0 Å². The molecule has 2 N–H and O–H groups in total. The molecule has 1 aromatic carbocycles. The zero-order valence-electron chi connectivity index (χ0n) is 14.2. The maximum atomic E-state index is 9.65. The van der Waals surface area contributed by atoms with Crippen molar-refractivity contribution in [2.75, 3.05) is 32.8 Å². The third-order valence-electron chi connectivity index (χ3n) is 4.00. The van der Waals surface area contributed by atoms with Crippen molar-refractivity contribution in [1.82, 2.24) is 10.2 Å². The third-order valence-corrected chi connectivity index (χ3v) is 4.00. The normalized spacial score (nSPS) is 19.9. The highest BCUT2D eigenvalue weighted by molar-refractivity contribution is 5.80. The molecule has 1 heterocycles. The average molecular weight is 319 g/mol. The summed E-state index contributed by atoms with van der Waals surface area (Å²) >= 11 is 0. The number of nitrogens with one attached hydrogen (secondary N) is 1. The van der Waals surface area contributed by atoms with Crippen molar-refractivity contribution < 1.29 is 9.84 Å². The van der Waals surface area contributed by atoms with E-state index in [0.29, 0.717) is 13.2 Å². The van der Waals surface area contributed by atoms with Crippen molar-refractivity contribution in [2.24, 2.45) is 4.99 Å². The van der Waals surface area contributed by atoms with Crippen LogP contribution in [0, 0.1) is 0 Å². The quantitative estimate of drug-likeness (QED) is 0.459. The fourth-order valence-corrected chi connectivity index (χ4v) is 2.69. The molecule has 1 aliphatic heterocycles. The molecule has 0 radical (unpaired) electrons. The van der Waals surface area contributed by atoms with E-state index in [0.717, 1.165) is 38.4 Å². The molecular weight excluding hydrogens is 290 g/mol. The summed E-state index contributed by atoms with van der Waals surface area (Å²) in [5.74, 6) is 0.903. The van der Waals surface area contributed by atoms with E-state index >= 15 is 0 Å². The van der Waals surface area contributed by atoms with Gasteiger partial charge in [-0.3, -0.25) is 4.99 Å². The van der Waals surface area contributed by atoms with Crippen LogP contribution in [0.4, 0.5) is 0 Å². The fraction of sp³-hybridized carbons (Fsp3) is 0.611. The molecule has 2 rings (SSSR count). The van der Waals surface area contributed by atoms with Gasteiger partial charge in [-0.05, 0) is 32.3 Å². The molecule has 0 aromatic heterocycles. The lowest BCUT2D eigenvalue weighted by Gasteiger charge is -2.21. The zero-order valence-corrected chi connectivity index (χ0v) is 14.2. The third kappa shape index (κ3) is 5.84. The maximum Gasteiger partial charge on any atom is 0.194 e. The lowest BCUT2D eigenvalue weighted by molar-refractivity contribution is 0.0651. The summed E-state index contributed by atoms with van der Waals surface area (Å²) in [6.07, 6.45) is 1.60. The highest BCUT2D eigenvalue weighted by Gasteiger charge is 2.22. The van der Waals surface area contributed by atoms with Crippen molar-refractivity contribution >= 4 is 5.96 Å². The van der Waals surface area contributed by atoms with Gasteiger partial charge in [0.1, 0.15) is 0 Å². The van der Waals surface area contributed by atoms with Gasteiger partial charge in [0, 0.05) is 32.8 Å².